The SMILES string of the molecule is Cc1ccc2nc(NC(=O)CC(C)(C)C)c(-c3cc(C(F)(F)F)ccn3)n2n1. The Labute approximate surface area is 159 Å². The molecular weight excluding hydrogens is 371 g/mol. The summed E-state index contributed by atoms with van der Waals surface area (Å²) in [5, 5.41) is 7.03. The van der Waals surface area contributed by atoms with Gasteiger partial charge in [-0.25, -0.2) is 9.50 Å². The Balaban J connectivity index is 2.14. The summed E-state index contributed by atoms with van der Waals surface area (Å²) in [6, 6.07) is 5.22. The lowest BCUT2D eigenvalue weighted by Gasteiger charge is -2.17. The first kappa shape index (κ1) is 19.8. The monoisotopic (exact) mass is 391 g/mol. The van der Waals surface area contributed by atoms with Crippen LogP contribution < -0.4 is 5.32 Å². The van der Waals surface area contributed by atoms with Crippen molar-refractivity contribution in [2.24, 2.45) is 5.41 Å². The largest absolute Gasteiger partial charge is 0.416 e. The molecule has 0 bridgehead atoms. The standard InChI is InChI=1S/C19H20F3N5O/c1-11-5-6-14-24-17(25-15(28)10-18(2,3)4)16(27(14)26-11)13-9-12(7-8-23-13)19(20,21)22/h5-9H,10H2,1-4H3,(H,25,28). The van der Waals surface area contributed by atoms with Crippen LogP contribution in [0.5, 0.6) is 0 Å². The normalized spacial score (nSPS) is 12.4. The molecule has 3 heterocycles. The number of fused-ring (bicyclic) bond motifs is 1. The molecule has 3 rings (SSSR count). The first-order valence-corrected chi connectivity index (χ1v) is 8.64. The van der Waals surface area contributed by atoms with Crippen molar-refractivity contribution < 1.29 is 18.0 Å². The molecule has 6 nitrogen and oxygen atoms in total. The van der Waals surface area contributed by atoms with E-state index in [0.717, 1.165) is 18.3 Å². The number of hydrogen-bond acceptors (Lipinski definition) is 4. The Morgan fingerprint density at radius 1 is 1.18 bits per heavy atom. The molecule has 1 N–H and O–H groups in total. The van der Waals surface area contributed by atoms with Gasteiger partial charge >= 0.3 is 6.18 Å². The van der Waals surface area contributed by atoms with Crippen molar-refractivity contribution in [2.45, 2.75) is 40.3 Å². The maximum absolute atomic E-state index is 13.1. The fourth-order valence-electron chi connectivity index (χ4n) is 2.74. The topological polar surface area (TPSA) is 72.2 Å². The van der Waals surface area contributed by atoms with Crippen LogP contribution >= 0.6 is 0 Å². The Bertz CT molecular complexity index is 1030. The predicted molar refractivity (Wildman–Crippen MR) is 98.7 cm³/mol. The smallest absolute Gasteiger partial charge is 0.309 e. The van der Waals surface area contributed by atoms with Gasteiger partial charge in [-0.15, -0.1) is 0 Å². The summed E-state index contributed by atoms with van der Waals surface area (Å²) in [5.41, 5.74) is 0.161. The molecule has 0 saturated heterocycles. The van der Waals surface area contributed by atoms with Gasteiger partial charge in [0, 0.05) is 12.6 Å². The summed E-state index contributed by atoms with van der Waals surface area (Å²) in [4.78, 5) is 20.8. The molecule has 0 saturated carbocycles. The third-order valence-corrected chi connectivity index (χ3v) is 3.89. The van der Waals surface area contributed by atoms with Crippen LogP contribution in [0.1, 0.15) is 38.4 Å². The predicted octanol–water partition coefficient (Wildman–Crippen LogP) is 4.49. The molecule has 3 aromatic heterocycles. The summed E-state index contributed by atoms with van der Waals surface area (Å²) in [5.74, 6) is -0.167. The van der Waals surface area contributed by atoms with E-state index in [1.165, 1.54) is 4.52 Å². The minimum Gasteiger partial charge on any atom is -0.309 e. The second-order valence-corrected chi connectivity index (χ2v) is 7.77. The molecule has 0 unspecified atom stereocenters. The number of pyridine rings is 1. The zero-order chi connectivity index (χ0) is 20.7. The van der Waals surface area contributed by atoms with E-state index in [2.05, 4.69) is 20.4 Å². The third kappa shape index (κ3) is 4.29. The Kier molecular flexibility index (Phi) is 4.86. The number of nitrogens with zero attached hydrogens (tertiary/aromatic N) is 4. The van der Waals surface area contributed by atoms with E-state index in [1.807, 2.05) is 20.8 Å². The molecule has 3 aromatic rings. The number of anilines is 1. The van der Waals surface area contributed by atoms with E-state index >= 15 is 0 Å². The van der Waals surface area contributed by atoms with Gasteiger partial charge in [-0.3, -0.25) is 9.78 Å². The number of imidazole rings is 1. The molecule has 0 spiro atoms. The van der Waals surface area contributed by atoms with E-state index < -0.39 is 11.7 Å². The molecule has 148 valence electrons. The molecule has 0 radical (unpaired) electrons. The summed E-state index contributed by atoms with van der Waals surface area (Å²) in [6.07, 6.45) is -3.21. The first-order valence-electron chi connectivity index (χ1n) is 8.64. The van der Waals surface area contributed by atoms with Gasteiger partial charge in [0.1, 0.15) is 5.69 Å². The quantitative estimate of drug-likeness (QED) is 0.714. The number of alkyl halides is 3. The molecule has 0 aliphatic carbocycles. The number of carbonyl (C=O) groups is 1. The number of halogens is 3. The number of rotatable bonds is 3. The van der Waals surface area contributed by atoms with Crippen molar-refractivity contribution in [2.75, 3.05) is 5.32 Å². The van der Waals surface area contributed by atoms with Crippen molar-refractivity contribution >= 4 is 17.4 Å². The highest BCUT2D eigenvalue weighted by molar-refractivity contribution is 5.94. The van der Waals surface area contributed by atoms with Gasteiger partial charge in [0.25, 0.3) is 0 Å². The Hall–Kier alpha value is -2.97. The number of aromatic nitrogens is 4. The lowest BCUT2D eigenvalue weighted by Crippen LogP contribution is -2.20. The molecule has 0 aromatic carbocycles. The van der Waals surface area contributed by atoms with Gasteiger partial charge in [-0.2, -0.15) is 18.3 Å². The molecule has 0 aliphatic rings. The highest BCUT2D eigenvalue weighted by Gasteiger charge is 2.31. The summed E-state index contributed by atoms with van der Waals surface area (Å²) in [7, 11) is 0. The molecular formula is C19H20F3N5O. The van der Waals surface area contributed by atoms with Crippen LogP contribution in [0.2, 0.25) is 0 Å². The van der Waals surface area contributed by atoms with Crippen LogP contribution in [0.25, 0.3) is 17.0 Å². The van der Waals surface area contributed by atoms with Crippen LogP contribution in [-0.4, -0.2) is 25.5 Å². The molecule has 9 heteroatoms. The fraction of sp³-hybridized carbons (Fsp3) is 0.368. The van der Waals surface area contributed by atoms with Gasteiger partial charge in [0.2, 0.25) is 5.91 Å². The second kappa shape index (κ2) is 6.88. The van der Waals surface area contributed by atoms with E-state index in [0.29, 0.717) is 11.3 Å². The number of carbonyl (C=O) groups excluding carboxylic acids is 1. The van der Waals surface area contributed by atoms with Crippen molar-refractivity contribution in [1.82, 2.24) is 19.6 Å². The average Bonchev–Trinajstić information content (AvgIpc) is 2.89. The Morgan fingerprint density at radius 3 is 2.54 bits per heavy atom. The lowest BCUT2D eigenvalue weighted by molar-refractivity contribution is -0.137. The van der Waals surface area contributed by atoms with Crippen molar-refractivity contribution in [1.29, 1.82) is 0 Å². The van der Waals surface area contributed by atoms with Gasteiger partial charge in [-0.1, -0.05) is 20.8 Å². The van der Waals surface area contributed by atoms with Crippen LogP contribution in [0.3, 0.4) is 0 Å². The molecule has 28 heavy (non-hydrogen) atoms. The molecule has 0 atom stereocenters. The van der Waals surface area contributed by atoms with E-state index in [9.17, 15) is 18.0 Å². The van der Waals surface area contributed by atoms with E-state index in [4.69, 9.17) is 0 Å². The second-order valence-electron chi connectivity index (χ2n) is 7.77. The average molecular weight is 391 g/mol. The first-order chi connectivity index (χ1) is 12.9. The number of nitrogens with one attached hydrogen (secondary N) is 1. The maximum Gasteiger partial charge on any atom is 0.416 e. The van der Waals surface area contributed by atoms with Gasteiger partial charge in [0.15, 0.2) is 11.5 Å². The van der Waals surface area contributed by atoms with E-state index in [-0.39, 0.29) is 34.9 Å². The highest BCUT2D eigenvalue weighted by Crippen LogP contribution is 2.34. The summed E-state index contributed by atoms with van der Waals surface area (Å²) >= 11 is 0. The minimum atomic E-state index is -4.52. The highest BCUT2D eigenvalue weighted by atomic mass is 19.4. The number of aryl methyl sites for hydroxylation is 1. The number of amides is 1. The lowest BCUT2D eigenvalue weighted by atomic mass is 9.92. The summed E-state index contributed by atoms with van der Waals surface area (Å²) in [6.45, 7) is 7.49. The zero-order valence-corrected chi connectivity index (χ0v) is 15.9. The minimum absolute atomic E-state index is 0.0199. The van der Waals surface area contributed by atoms with Crippen molar-refractivity contribution in [3.8, 4) is 11.4 Å². The van der Waals surface area contributed by atoms with E-state index in [1.54, 1.807) is 19.1 Å². The van der Waals surface area contributed by atoms with Gasteiger partial charge < -0.3 is 5.32 Å². The molecule has 0 fully saturated rings. The van der Waals surface area contributed by atoms with Gasteiger partial charge in [0.05, 0.1) is 17.0 Å². The van der Waals surface area contributed by atoms with Crippen molar-refractivity contribution in [3.05, 3.63) is 41.7 Å². The molecule has 0 aliphatic heterocycles. The Morgan fingerprint density at radius 2 is 1.89 bits per heavy atom. The van der Waals surface area contributed by atoms with Crippen LogP contribution in [0, 0.1) is 12.3 Å². The van der Waals surface area contributed by atoms with Crippen LogP contribution in [0.15, 0.2) is 30.5 Å². The van der Waals surface area contributed by atoms with Crippen LogP contribution in [-0.2, 0) is 11.0 Å². The number of hydrogen-bond donors (Lipinski definition) is 1. The van der Waals surface area contributed by atoms with Crippen molar-refractivity contribution in [3.63, 3.8) is 0 Å². The summed E-state index contributed by atoms with van der Waals surface area (Å²) < 4.78 is 40.8. The molecule has 1 amide bonds. The zero-order valence-electron chi connectivity index (χ0n) is 15.9. The van der Waals surface area contributed by atoms with Crippen LogP contribution in [0.4, 0.5) is 19.0 Å². The maximum atomic E-state index is 13.1. The van der Waals surface area contributed by atoms with Gasteiger partial charge in [-0.05, 0) is 36.6 Å². The fourth-order valence-corrected chi connectivity index (χ4v) is 2.74. The third-order valence-electron chi connectivity index (χ3n) is 3.89.